The van der Waals surface area contributed by atoms with Gasteiger partial charge in [0.1, 0.15) is 17.9 Å². The fourth-order valence-corrected chi connectivity index (χ4v) is 6.57. The van der Waals surface area contributed by atoms with Crippen LogP contribution in [-0.4, -0.2) is 103 Å². The molecule has 3 fully saturated rings. The minimum Gasteiger partial charge on any atom is -0.344 e. The first-order chi connectivity index (χ1) is 20.6. The van der Waals surface area contributed by atoms with E-state index in [1.165, 1.54) is 12.1 Å². The van der Waals surface area contributed by atoms with Crippen LogP contribution in [0.15, 0.2) is 18.2 Å². The van der Waals surface area contributed by atoms with Crippen LogP contribution in [0, 0.1) is 11.7 Å². The Kier molecular flexibility index (Phi) is 11.5. The number of rotatable bonds is 10. The summed E-state index contributed by atoms with van der Waals surface area (Å²) in [6, 6.07) is 2.68. The average Bonchev–Trinajstić information content (AvgIpc) is 3.45. The van der Waals surface area contributed by atoms with Gasteiger partial charge in [0.25, 0.3) is 0 Å². The number of likely N-dealkylation sites (N-methyl/N-ethyl adjacent to an activating group) is 2. The smallest absolute Gasteiger partial charge is 0.247 e. The van der Waals surface area contributed by atoms with Crippen LogP contribution in [0.25, 0.3) is 0 Å². The summed E-state index contributed by atoms with van der Waals surface area (Å²) >= 11 is 0. The van der Waals surface area contributed by atoms with E-state index in [1.54, 1.807) is 24.8 Å². The summed E-state index contributed by atoms with van der Waals surface area (Å²) in [6.07, 6.45) is 6.70. The van der Waals surface area contributed by atoms with Crippen molar-refractivity contribution in [3.63, 3.8) is 0 Å². The molecule has 10 nitrogen and oxygen atoms in total. The summed E-state index contributed by atoms with van der Waals surface area (Å²) in [5.41, 5.74) is 0.564. The Morgan fingerprint density at radius 1 is 0.930 bits per heavy atom. The highest BCUT2D eigenvalue weighted by molar-refractivity contribution is 5.98. The van der Waals surface area contributed by atoms with Crippen LogP contribution >= 0.6 is 0 Å². The SMILES string of the molecule is CCC(=O)N[C@@H](C(=O)N1CCN(C)CC1)[C@@H](C)c1ccc(NC(=O)[C@@H](NC(=O)[C@@H]2CCCN2C)C2CCCCC2)c(F)c1. The van der Waals surface area contributed by atoms with Crippen LogP contribution in [-0.2, 0) is 19.2 Å². The van der Waals surface area contributed by atoms with Crippen LogP contribution < -0.4 is 16.0 Å². The van der Waals surface area contributed by atoms with Crippen LogP contribution in [0.5, 0.6) is 0 Å². The first-order valence-electron chi connectivity index (χ1n) is 16.0. The second-order valence-corrected chi connectivity index (χ2v) is 12.6. The van der Waals surface area contributed by atoms with Crippen molar-refractivity contribution >= 4 is 29.3 Å². The Labute approximate surface area is 255 Å². The van der Waals surface area contributed by atoms with Gasteiger partial charge in [0.2, 0.25) is 23.6 Å². The number of benzene rings is 1. The minimum atomic E-state index is -0.838. The molecular weight excluding hydrogens is 551 g/mol. The molecule has 4 atom stereocenters. The fourth-order valence-electron chi connectivity index (χ4n) is 6.57. The number of carbonyl (C=O) groups is 4. The van der Waals surface area contributed by atoms with Crippen molar-refractivity contribution in [2.75, 3.05) is 52.1 Å². The predicted molar refractivity (Wildman–Crippen MR) is 164 cm³/mol. The monoisotopic (exact) mass is 600 g/mol. The molecule has 11 heteroatoms. The molecule has 0 spiro atoms. The van der Waals surface area contributed by atoms with Gasteiger partial charge in [-0.15, -0.1) is 0 Å². The molecule has 2 heterocycles. The molecule has 3 aliphatic rings. The van der Waals surface area contributed by atoms with Gasteiger partial charge >= 0.3 is 0 Å². The summed E-state index contributed by atoms with van der Waals surface area (Å²) in [4.78, 5) is 58.5. The zero-order valence-electron chi connectivity index (χ0n) is 26.2. The summed E-state index contributed by atoms with van der Waals surface area (Å²) < 4.78 is 15.5. The normalized spacial score (nSPS) is 22.4. The van der Waals surface area contributed by atoms with Crippen molar-refractivity contribution in [1.82, 2.24) is 25.3 Å². The molecule has 4 amide bonds. The Morgan fingerprint density at radius 3 is 2.23 bits per heavy atom. The number of halogens is 1. The highest BCUT2D eigenvalue weighted by atomic mass is 19.1. The standard InChI is InChI=1S/C32H49FN6O4/c1-5-27(40)35-28(32(43)39-18-16-37(3)17-19-39)21(2)23-13-14-25(24(33)20-23)34-31(42)29(22-10-7-6-8-11-22)36-30(41)26-12-9-15-38(26)4/h13-14,20-22,26,28-29H,5-12,15-19H2,1-4H3,(H,34,42)(H,35,40)(H,36,41)/t21-,26-,28+,29-/m0/s1. The van der Waals surface area contributed by atoms with Crippen molar-refractivity contribution in [1.29, 1.82) is 0 Å². The molecule has 3 N–H and O–H groups in total. The Balaban J connectivity index is 1.49. The van der Waals surface area contributed by atoms with E-state index in [-0.39, 0.29) is 41.8 Å². The van der Waals surface area contributed by atoms with Crippen molar-refractivity contribution < 1.29 is 23.6 Å². The Morgan fingerprint density at radius 2 is 1.63 bits per heavy atom. The first-order valence-corrected chi connectivity index (χ1v) is 16.0. The van der Waals surface area contributed by atoms with E-state index in [1.807, 2.05) is 19.0 Å². The summed E-state index contributed by atoms with van der Waals surface area (Å²) in [7, 11) is 3.92. The summed E-state index contributed by atoms with van der Waals surface area (Å²) in [5, 5.41) is 8.61. The van der Waals surface area contributed by atoms with Gasteiger partial charge in [-0.1, -0.05) is 39.2 Å². The van der Waals surface area contributed by atoms with Gasteiger partial charge < -0.3 is 25.8 Å². The van der Waals surface area contributed by atoms with E-state index in [2.05, 4.69) is 20.9 Å². The number of nitrogens with one attached hydrogen (secondary N) is 3. The lowest BCUT2D eigenvalue weighted by Gasteiger charge is -2.36. The summed E-state index contributed by atoms with van der Waals surface area (Å²) in [5.74, 6) is -2.13. The number of piperazine rings is 1. The molecule has 0 unspecified atom stereocenters. The number of nitrogens with zero attached hydrogens (tertiary/aromatic N) is 3. The molecule has 1 aliphatic carbocycles. The van der Waals surface area contributed by atoms with E-state index in [4.69, 9.17) is 0 Å². The van der Waals surface area contributed by atoms with E-state index < -0.39 is 29.7 Å². The molecule has 4 rings (SSSR count). The maximum Gasteiger partial charge on any atom is 0.247 e. The van der Waals surface area contributed by atoms with Crippen LogP contribution in [0.4, 0.5) is 10.1 Å². The van der Waals surface area contributed by atoms with Gasteiger partial charge in [0.05, 0.1) is 11.7 Å². The third-order valence-electron chi connectivity index (χ3n) is 9.52. The largest absolute Gasteiger partial charge is 0.344 e. The first kappa shape index (κ1) is 32.9. The third-order valence-corrected chi connectivity index (χ3v) is 9.52. The van der Waals surface area contributed by atoms with E-state index in [9.17, 15) is 19.2 Å². The van der Waals surface area contributed by atoms with E-state index in [0.29, 0.717) is 18.7 Å². The van der Waals surface area contributed by atoms with Gasteiger partial charge in [0, 0.05) is 38.5 Å². The topological polar surface area (TPSA) is 114 Å². The molecule has 0 bridgehead atoms. The lowest BCUT2D eigenvalue weighted by atomic mass is 9.83. The highest BCUT2D eigenvalue weighted by Gasteiger charge is 2.36. The van der Waals surface area contributed by atoms with Crippen molar-refractivity contribution in [3.05, 3.63) is 29.6 Å². The van der Waals surface area contributed by atoms with Crippen molar-refractivity contribution in [3.8, 4) is 0 Å². The van der Waals surface area contributed by atoms with E-state index in [0.717, 1.165) is 64.6 Å². The van der Waals surface area contributed by atoms with Crippen LogP contribution in [0.2, 0.25) is 0 Å². The molecule has 238 valence electrons. The molecular formula is C32H49FN6O4. The quantitative estimate of drug-likeness (QED) is 0.381. The molecule has 2 saturated heterocycles. The molecule has 1 aromatic rings. The van der Waals surface area contributed by atoms with Gasteiger partial charge in [-0.3, -0.25) is 24.1 Å². The van der Waals surface area contributed by atoms with Gasteiger partial charge in [-0.25, -0.2) is 4.39 Å². The molecule has 0 radical (unpaired) electrons. The van der Waals surface area contributed by atoms with Gasteiger partial charge in [-0.05, 0) is 69.9 Å². The van der Waals surface area contributed by atoms with Crippen molar-refractivity contribution in [2.24, 2.45) is 5.92 Å². The van der Waals surface area contributed by atoms with Gasteiger partial charge in [0.15, 0.2) is 0 Å². The number of amides is 4. The second-order valence-electron chi connectivity index (χ2n) is 12.6. The molecule has 0 aromatic heterocycles. The highest BCUT2D eigenvalue weighted by Crippen LogP contribution is 2.29. The number of hydrogen-bond acceptors (Lipinski definition) is 6. The van der Waals surface area contributed by atoms with Crippen LogP contribution in [0.1, 0.15) is 76.7 Å². The number of likely N-dealkylation sites (tertiary alicyclic amines) is 1. The maximum atomic E-state index is 15.5. The van der Waals surface area contributed by atoms with E-state index >= 15 is 4.39 Å². The molecule has 43 heavy (non-hydrogen) atoms. The zero-order chi connectivity index (χ0) is 31.1. The minimum absolute atomic E-state index is 0.00436. The van der Waals surface area contributed by atoms with Crippen molar-refractivity contribution in [2.45, 2.75) is 89.3 Å². The second kappa shape index (κ2) is 15.1. The lowest BCUT2D eigenvalue weighted by molar-refractivity contribution is -0.138. The third kappa shape index (κ3) is 8.32. The average molecular weight is 601 g/mol. The van der Waals surface area contributed by atoms with Gasteiger partial charge in [-0.2, -0.15) is 0 Å². The molecule has 2 aliphatic heterocycles. The number of hydrogen-bond donors (Lipinski definition) is 3. The zero-order valence-corrected chi connectivity index (χ0v) is 26.2. The number of anilines is 1. The maximum absolute atomic E-state index is 15.5. The molecule has 1 saturated carbocycles. The lowest BCUT2D eigenvalue weighted by Crippen LogP contribution is -2.55. The Bertz CT molecular complexity index is 1150. The fraction of sp³-hybridized carbons (Fsp3) is 0.688. The Hall–Kier alpha value is -3.05. The summed E-state index contributed by atoms with van der Waals surface area (Å²) in [6.45, 7) is 7.00. The van der Waals surface area contributed by atoms with Crippen LogP contribution in [0.3, 0.4) is 0 Å². The number of carbonyl (C=O) groups excluding carboxylic acids is 4. The predicted octanol–water partition coefficient (Wildman–Crippen LogP) is 2.70. The molecule has 1 aromatic carbocycles.